The van der Waals surface area contributed by atoms with Crippen LogP contribution in [0.5, 0.6) is 0 Å². The van der Waals surface area contributed by atoms with E-state index in [0.29, 0.717) is 6.04 Å². The highest BCUT2D eigenvalue weighted by Gasteiger charge is 2.30. The van der Waals surface area contributed by atoms with Crippen molar-refractivity contribution in [3.8, 4) is 0 Å². The van der Waals surface area contributed by atoms with Crippen LogP contribution in [0.3, 0.4) is 0 Å². The van der Waals surface area contributed by atoms with Crippen LogP contribution in [0.1, 0.15) is 46.0 Å². The number of nitrogens with zero attached hydrogens (tertiary/aromatic N) is 2. The summed E-state index contributed by atoms with van der Waals surface area (Å²) in [7, 11) is 0. The summed E-state index contributed by atoms with van der Waals surface area (Å²) in [4.78, 5) is 5.38. The highest BCUT2D eigenvalue weighted by Crippen LogP contribution is 2.25. The molecule has 2 aliphatic heterocycles. The molecular formula is C15H31N3. The largest absolute Gasteiger partial charge is 0.328 e. The zero-order chi connectivity index (χ0) is 13.0. The standard InChI is InChI=1S/C15H31N3/c1-3-8-17-9-4-5-15(7-10-17)18-11-6-14(12-18)13(2)16/h13-15H,3-12,16H2,1-2H3. The van der Waals surface area contributed by atoms with Crippen molar-refractivity contribution in [3.05, 3.63) is 0 Å². The Bertz CT molecular complexity index is 242. The van der Waals surface area contributed by atoms with Crippen LogP contribution in [0.15, 0.2) is 0 Å². The highest BCUT2D eigenvalue weighted by molar-refractivity contribution is 4.86. The molecule has 0 bridgehead atoms. The van der Waals surface area contributed by atoms with Gasteiger partial charge in [0.2, 0.25) is 0 Å². The molecule has 106 valence electrons. The molecule has 0 amide bonds. The second kappa shape index (κ2) is 6.88. The number of nitrogens with two attached hydrogens (primary N) is 1. The average Bonchev–Trinajstić information content (AvgIpc) is 2.72. The minimum absolute atomic E-state index is 0.373. The first-order valence-corrected chi connectivity index (χ1v) is 7.92. The summed E-state index contributed by atoms with van der Waals surface area (Å²) >= 11 is 0. The molecule has 3 heteroatoms. The minimum atomic E-state index is 0.373. The summed E-state index contributed by atoms with van der Waals surface area (Å²) in [5.41, 5.74) is 6.05. The third-order valence-corrected chi connectivity index (χ3v) is 4.85. The number of hydrogen-bond acceptors (Lipinski definition) is 3. The average molecular weight is 253 g/mol. The van der Waals surface area contributed by atoms with Gasteiger partial charge in [-0.1, -0.05) is 6.92 Å². The molecule has 0 aliphatic carbocycles. The minimum Gasteiger partial charge on any atom is -0.328 e. The molecule has 3 nitrogen and oxygen atoms in total. The van der Waals surface area contributed by atoms with Crippen molar-refractivity contribution in [2.24, 2.45) is 11.7 Å². The summed E-state index contributed by atoms with van der Waals surface area (Å²) < 4.78 is 0. The molecule has 2 saturated heterocycles. The molecule has 2 rings (SSSR count). The van der Waals surface area contributed by atoms with Crippen molar-refractivity contribution in [1.82, 2.24) is 9.80 Å². The van der Waals surface area contributed by atoms with E-state index in [1.807, 2.05) is 0 Å². The maximum absolute atomic E-state index is 6.05. The van der Waals surface area contributed by atoms with Crippen LogP contribution in [0.2, 0.25) is 0 Å². The Balaban J connectivity index is 1.80. The van der Waals surface area contributed by atoms with E-state index in [-0.39, 0.29) is 0 Å². The normalized spacial score (nSPS) is 33.5. The Morgan fingerprint density at radius 1 is 1.17 bits per heavy atom. The molecule has 2 N–H and O–H groups in total. The molecule has 2 heterocycles. The smallest absolute Gasteiger partial charge is 0.0108 e. The molecule has 2 aliphatic rings. The van der Waals surface area contributed by atoms with E-state index in [9.17, 15) is 0 Å². The van der Waals surface area contributed by atoms with Crippen molar-refractivity contribution in [3.63, 3.8) is 0 Å². The van der Waals surface area contributed by atoms with Crippen LogP contribution in [0.25, 0.3) is 0 Å². The summed E-state index contributed by atoms with van der Waals surface area (Å²) in [6.07, 6.45) is 6.75. The van der Waals surface area contributed by atoms with Gasteiger partial charge < -0.3 is 10.6 Å². The van der Waals surface area contributed by atoms with Crippen molar-refractivity contribution in [1.29, 1.82) is 0 Å². The van der Waals surface area contributed by atoms with Crippen molar-refractivity contribution >= 4 is 0 Å². The van der Waals surface area contributed by atoms with Crippen LogP contribution in [0.4, 0.5) is 0 Å². The summed E-state index contributed by atoms with van der Waals surface area (Å²) in [5, 5.41) is 0. The molecule has 2 fully saturated rings. The lowest BCUT2D eigenvalue weighted by molar-refractivity contribution is 0.205. The van der Waals surface area contributed by atoms with Crippen LogP contribution >= 0.6 is 0 Å². The first-order valence-electron chi connectivity index (χ1n) is 7.92. The molecule has 0 radical (unpaired) electrons. The number of hydrogen-bond donors (Lipinski definition) is 1. The van der Waals surface area contributed by atoms with Gasteiger partial charge in [-0.15, -0.1) is 0 Å². The second-order valence-electron chi connectivity index (χ2n) is 6.33. The Labute approximate surface area is 113 Å². The SMILES string of the molecule is CCCN1CCCC(N2CCC(C(C)N)C2)CC1. The van der Waals surface area contributed by atoms with E-state index in [4.69, 9.17) is 5.73 Å². The van der Waals surface area contributed by atoms with E-state index in [2.05, 4.69) is 23.6 Å². The van der Waals surface area contributed by atoms with Crippen molar-refractivity contribution < 1.29 is 0 Å². The van der Waals surface area contributed by atoms with Gasteiger partial charge in [0, 0.05) is 18.6 Å². The molecule has 0 aromatic carbocycles. The van der Waals surface area contributed by atoms with E-state index in [1.165, 1.54) is 64.8 Å². The predicted octanol–water partition coefficient (Wildman–Crippen LogP) is 1.92. The summed E-state index contributed by atoms with van der Waals surface area (Å²) in [6, 6.07) is 1.20. The molecule has 3 unspecified atom stereocenters. The topological polar surface area (TPSA) is 32.5 Å². The Hall–Kier alpha value is -0.120. The van der Waals surface area contributed by atoms with E-state index in [0.717, 1.165) is 12.0 Å². The molecule has 0 saturated carbocycles. The molecule has 0 spiro atoms. The second-order valence-corrected chi connectivity index (χ2v) is 6.33. The van der Waals surface area contributed by atoms with Crippen LogP contribution in [-0.4, -0.2) is 54.6 Å². The summed E-state index contributed by atoms with van der Waals surface area (Å²) in [6.45, 7) is 10.9. The maximum atomic E-state index is 6.05. The van der Waals surface area contributed by atoms with Gasteiger partial charge in [-0.25, -0.2) is 0 Å². The number of likely N-dealkylation sites (tertiary alicyclic amines) is 2. The lowest BCUT2D eigenvalue weighted by Crippen LogP contribution is -2.36. The fraction of sp³-hybridized carbons (Fsp3) is 1.00. The maximum Gasteiger partial charge on any atom is 0.0108 e. The lowest BCUT2D eigenvalue weighted by Gasteiger charge is -2.27. The quantitative estimate of drug-likeness (QED) is 0.831. The van der Waals surface area contributed by atoms with Gasteiger partial charge in [-0.05, 0) is 71.1 Å². The van der Waals surface area contributed by atoms with Gasteiger partial charge in [0.1, 0.15) is 0 Å². The van der Waals surface area contributed by atoms with Gasteiger partial charge in [0.05, 0.1) is 0 Å². The van der Waals surface area contributed by atoms with E-state index >= 15 is 0 Å². The molecule has 18 heavy (non-hydrogen) atoms. The first-order chi connectivity index (χ1) is 8.70. The monoisotopic (exact) mass is 253 g/mol. The third kappa shape index (κ3) is 3.69. The Kier molecular flexibility index (Phi) is 5.46. The van der Waals surface area contributed by atoms with Gasteiger partial charge >= 0.3 is 0 Å². The molecular weight excluding hydrogens is 222 g/mol. The van der Waals surface area contributed by atoms with Gasteiger partial charge in [0.15, 0.2) is 0 Å². The number of rotatable bonds is 4. The van der Waals surface area contributed by atoms with Crippen molar-refractivity contribution in [2.75, 3.05) is 32.7 Å². The fourth-order valence-electron chi connectivity index (χ4n) is 3.62. The molecule has 3 atom stereocenters. The van der Waals surface area contributed by atoms with Crippen molar-refractivity contribution in [2.45, 2.75) is 58.0 Å². The fourth-order valence-corrected chi connectivity index (χ4v) is 3.62. The Morgan fingerprint density at radius 3 is 2.67 bits per heavy atom. The third-order valence-electron chi connectivity index (χ3n) is 4.85. The van der Waals surface area contributed by atoms with Crippen LogP contribution < -0.4 is 5.73 Å². The van der Waals surface area contributed by atoms with Gasteiger partial charge in [0.25, 0.3) is 0 Å². The Morgan fingerprint density at radius 2 is 2.00 bits per heavy atom. The molecule has 0 aromatic rings. The van der Waals surface area contributed by atoms with Gasteiger partial charge in [-0.2, -0.15) is 0 Å². The van der Waals surface area contributed by atoms with E-state index in [1.54, 1.807) is 0 Å². The first kappa shape index (κ1) is 14.3. The highest BCUT2D eigenvalue weighted by atomic mass is 15.2. The lowest BCUT2D eigenvalue weighted by atomic mass is 10.0. The molecule has 0 aromatic heterocycles. The zero-order valence-corrected chi connectivity index (χ0v) is 12.3. The van der Waals surface area contributed by atoms with E-state index < -0.39 is 0 Å². The van der Waals surface area contributed by atoms with Crippen LogP contribution in [0, 0.1) is 5.92 Å². The summed E-state index contributed by atoms with van der Waals surface area (Å²) in [5.74, 6) is 0.736. The van der Waals surface area contributed by atoms with Crippen LogP contribution in [-0.2, 0) is 0 Å². The zero-order valence-electron chi connectivity index (χ0n) is 12.3. The van der Waals surface area contributed by atoms with Gasteiger partial charge in [-0.3, -0.25) is 4.90 Å². The predicted molar refractivity (Wildman–Crippen MR) is 77.7 cm³/mol.